The van der Waals surface area contributed by atoms with Crippen molar-refractivity contribution in [2.45, 2.75) is 45.6 Å². The molecule has 1 amide bonds. The lowest BCUT2D eigenvalue weighted by molar-refractivity contribution is -0.142. The van der Waals surface area contributed by atoms with Crippen molar-refractivity contribution in [1.29, 1.82) is 0 Å². The van der Waals surface area contributed by atoms with Gasteiger partial charge in [0.1, 0.15) is 6.04 Å². The number of allylic oxidation sites excluding steroid dienone is 1. The zero-order valence-electron chi connectivity index (χ0n) is 13.0. The van der Waals surface area contributed by atoms with Gasteiger partial charge in [0.15, 0.2) is 0 Å². The van der Waals surface area contributed by atoms with Gasteiger partial charge in [0.2, 0.25) is 5.91 Å². The van der Waals surface area contributed by atoms with Crippen LogP contribution in [-0.2, 0) is 15.0 Å². The number of carboxylic acids is 1. The van der Waals surface area contributed by atoms with E-state index in [0.29, 0.717) is 0 Å². The predicted octanol–water partition coefficient (Wildman–Crippen LogP) is 2.81. The first-order valence-corrected chi connectivity index (χ1v) is 7.01. The standard InChI is InChI=1S/C17H23NO3/c1-5-6-7-14(15(19)20)18-16(21)17(3,4)13-10-8-12(2)9-11-13/h5-6,8-11,14H,7H2,1-4H3,(H,18,21)(H,19,20)/b6-5+. The first kappa shape index (κ1) is 17.0. The monoisotopic (exact) mass is 289 g/mol. The van der Waals surface area contributed by atoms with Crippen LogP contribution in [0.5, 0.6) is 0 Å². The number of hydrogen-bond acceptors (Lipinski definition) is 2. The van der Waals surface area contributed by atoms with Gasteiger partial charge in [-0.2, -0.15) is 0 Å². The van der Waals surface area contributed by atoms with Crippen LogP contribution in [-0.4, -0.2) is 23.0 Å². The van der Waals surface area contributed by atoms with Gasteiger partial charge in [-0.3, -0.25) is 4.79 Å². The van der Waals surface area contributed by atoms with E-state index in [-0.39, 0.29) is 12.3 Å². The van der Waals surface area contributed by atoms with Gasteiger partial charge in [-0.25, -0.2) is 4.79 Å². The van der Waals surface area contributed by atoms with Crippen LogP contribution < -0.4 is 5.32 Å². The minimum atomic E-state index is -1.03. The normalized spacial score (nSPS) is 13.1. The predicted molar refractivity (Wildman–Crippen MR) is 83.2 cm³/mol. The second kappa shape index (κ2) is 7.07. The largest absolute Gasteiger partial charge is 0.480 e. The molecule has 1 unspecified atom stereocenters. The third kappa shape index (κ3) is 4.45. The number of carbonyl (C=O) groups is 2. The molecular weight excluding hydrogens is 266 g/mol. The molecule has 0 aliphatic carbocycles. The second-order valence-electron chi connectivity index (χ2n) is 5.66. The van der Waals surface area contributed by atoms with Crippen LogP contribution in [0.25, 0.3) is 0 Å². The molecule has 0 aliphatic heterocycles. The molecular formula is C17H23NO3. The highest BCUT2D eigenvalue weighted by Gasteiger charge is 2.32. The first-order chi connectivity index (χ1) is 9.78. The Kier molecular flexibility index (Phi) is 5.70. The fourth-order valence-corrected chi connectivity index (χ4v) is 1.93. The van der Waals surface area contributed by atoms with E-state index in [0.717, 1.165) is 11.1 Å². The van der Waals surface area contributed by atoms with Gasteiger partial charge in [-0.05, 0) is 39.7 Å². The molecule has 0 aromatic heterocycles. The number of carboxylic acid groups (broad SMARTS) is 1. The third-order valence-corrected chi connectivity index (χ3v) is 3.55. The van der Waals surface area contributed by atoms with Gasteiger partial charge in [-0.15, -0.1) is 0 Å². The Morgan fingerprint density at radius 3 is 2.33 bits per heavy atom. The van der Waals surface area contributed by atoms with Crippen LogP contribution in [0.2, 0.25) is 0 Å². The van der Waals surface area contributed by atoms with Crippen LogP contribution in [0.4, 0.5) is 0 Å². The molecule has 1 aromatic rings. The van der Waals surface area contributed by atoms with E-state index in [1.165, 1.54) is 0 Å². The van der Waals surface area contributed by atoms with E-state index in [9.17, 15) is 14.7 Å². The molecule has 0 saturated carbocycles. The Labute approximate surface area is 125 Å². The average molecular weight is 289 g/mol. The molecule has 0 fully saturated rings. The van der Waals surface area contributed by atoms with Crippen molar-refractivity contribution in [2.75, 3.05) is 0 Å². The number of amides is 1. The minimum absolute atomic E-state index is 0.279. The maximum atomic E-state index is 12.4. The molecule has 21 heavy (non-hydrogen) atoms. The van der Waals surface area contributed by atoms with Gasteiger partial charge in [-0.1, -0.05) is 42.0 Å². The second-order valence-corrected chi connectivity index (χ2v) is 5.66. The summed E-state index contributed by atoms with van der Waals surface area (Å²) in [5, 5.41) is 11.8. The van der Waals surface area contributed by atoms with E-state index >= 15 is 0 Å². The van der Waals surface area contributed by atoms with Crippen LogP contribution in [0, 0.1) is 6.92 Å². The summed E-state index contributed by atoms with van der Waals surface area (Å²) in [5.41, 5.74) is 1.20. The van der Waals surface area contributed by atoms with Crippen molar-refractivity contribution in [1.82, 2.24) is 5.32 Å². The van der Waals surface area contributed by atoms with E-state index in [2.05, 4.69) is 5.32 Å². The Morgan fingerprint density at radius 2 is 1.86 bits per heavy atom. The average Bonchev–Trinajstić information content (AvgIpc) is 2.43. The Bertz CT molecular complexity index is 529. The molecule has 1 rings (SSSR count). The maximum Gasteiger partial charge on any atom is 0.326 e. The van der Waals surface area contributed by atoms with Crippen LogP contribution in [0.15, 0.2) is 36.4 Å². The fraction of sp³-hybridized carbons (Fsp3) is 0.412. The minimum Gasteiger partial charge on any atom is -0.480 e. The number of benzene rings is 1. The van der Waals surface area contributed by atoms with Gasteiger partial charge in [0.25, 0.3) is 0 Å². The maximum absolute atomic E-state index is 12.4. The zero-order valence-corrected chi connectivity index (χ0v) is 13.0. The SMILES string of the molecule is C/C=C/CC(NC(=O)C(C)(C)c1ccc(C)cc1)C(=O)O. The van der Waals surface area contributed by atoms with Crippen molar-refractivity contribution in [3.8, 4) is 0 Å². The van der Waals surface area contributed by atoms with Gasteiger partial charge in [0.05, 0.1) is 5.41 Å². The lowest BCUT2D eigenvalue weighted by Crippen LogP contribution is -2.48. The summed E-state index contributed by atoms with van der Waals surface area (Å²) in [6.45, 7) is 7.38. The lowest BCUT2D eigenvalue weighted by Gasteiger charge is -2.26. The highest BCUT2D eigenvalue weighted by atomic mass is 16.4. The summed E-state index contributed by atoms with van der Waals surface area (Å²) < 4.78 is 0. The third-order valence-electron chi connectivity index (χ3n) is 3.55. The highest BCUT2D eigenvalue weighted by molar-refractivity contribution is 5.90. The van der Waals surface area contributed by atoms with Crippen LogP contribution in [0.3, 0.4) is 0 Å². The number of hydrogen-bond donors (Lipinski definition) is 2. The van der Waals surface area contributed by atoms with Gasteiger partial charge >= 0.3 is 5.97 Å². The van der Waals surface area contributed by atoms with Crippen LogP contribution in [0.1, 0.15) is 38.3 Å². The van der Waals surface area contributed by atoms with Crippen molar-refractivity contribution in [3.63, 3.8) is 0 Å². The molecule has 0 spiro atoms. The molecule has 0 bridgehead atoms. The number of carbonyl (C=O) groups excluding carboxylic acids is 1. The smallest absolute Gasteiger partial charge is 0.326 e. The number of rotatable bonds is 6. The van der Waals surface area contributed by atoms with Gasteiger partial charge < -0.3 is 10.4 Å². The van der Waals surface area contributed by atoms with E-state index < -0.39 is 17.4 Å². The molecule has 4 nitrogen and oxygen atoms in total. The Hall–Kier alpha value is -2.10. The summed E-state index contributed by atoms with van der Waals surface area (Å²) in [5.74, 6) is -1.32. The molecule has 0 heterocycles. The van der Waals surface area contributed by atoms with E-state index in [1.807, 2.05) is 38.1 Å². The number of nitrogens with one attached hydrogen (secondary N) is 1. The van der Waals surface area contributed by atoms with Crippen molar-refractivity contribution >= 4 is 11.9 Å². The molecule has 0 aliphatic rings. The van der Waals surface area contributed by atoms with Gasteiger partial charge in [0, 0.05) is 0 Å². The highest BCUT2D eigenvalue weighted by Crippen LogP contribution is 2.24. The summed E-state index contributed by atoms with van der Waals surface area (Å²) in [6, 6.07) is 6.78. The van der Waals surface area contributed by atoms with Crippen molar-refractivity contribution in [2.24, 2.45) is 0 Å². The Morgan fingerprint density at radius 1 is 1.29 bits per heavy atom. The van der Waals surface area contributed by atoms with Crippen molar-refractivity contribution < 1.29 is 14.7 Å². The molecule has 2 N–H and O–H groups in total. The molecule has 4 heteroatoms. The number of aliphatic carboxylic acids is 1. The van der Waals surface area contributed by atoms with Crippen LogP contribution >= 0.6 is 0 Å². The summed E-state index contributed by atoms with van der Waals surface area (Å²) >= 11 is 0. The topological polar surface area (TPSA) is 66.4 Å². The number of aryl methyl sites for hydroxylation is 1. The first-order valence-electron chi connectivity index (χ1n) is 7.01. The molecule has 114 valence electrons. The Balaban J connectivity index is 2.89. The summed E-state index contributed by atoms with van der Waals surface area (Å²) in [6.07, 6.45) is 3.78. The fourth-order valence-electron chi connectivity index (χ4n) is 1.93. The summed E-state index contributed by atoms with van der Waals surface area (Å²) in [4.78, 5) is 23.6. The molecule has 1 atom stereocenters. The molecule has 0 saturated heterocycles. The quantitative estimate of drug-likeness (QED) is 0.791. The van der Waals surface area contributed by atoms with Crippen molar-refractivity contribution in [3.05, 3.63) is 47.5 Å². The molecule has 1 aromatic carbocycles. The summed E-state index contributed by atoms with van der Waals surface area (Å²) in [7, 11) is 0. The lowest BCUT2D eigenvalue weighted by atomic mass is 9.83. The zero-order chi connectivity index (χ0) is 16.0. The van der Waals surface area contributed by atoms with E-state index in [4.69, 9.17) is 0 Å². The van der Waals surface area contributed by atoms with E-state index in [1.54, 1.807) is 26.0 Å². The molecule has 0 radical (unpaired) electrons.